The first-order chi connectivity index (χ1) is 19.4. The number of urea groups is 1. The molecule has 11 nitrogen and oxygen atoms in total. The van der Waals surface area contributed by atoms with E-state index in [1.807, 2.05) is 52.2 Å². The van der Waals surface area contributed by atoms with Crippen molar-refractivity contribution in [1.29, 1.82) is 0 Å². The summed E-state index contributed by atoms with van der Waals surface area (Å²) in [5, 5.41) is 1.99. The highest BCUT2D eigenvalue weighted by Crippen LogP contribution is 2.34. The maximum absolute atomic E-state index is 13.6. The molecule has 3 heterocycles. The summed E-state index contributed by atoms with van der Waals surface area (Å²) in [5.41, 5.74) is 13.8. The summed E-state index contributed by atoms with van der Waals surface area (Å²) in [6, 6.07) is 13.7. The zero-order valence-corrected chi connectivity index (χ0v) is 23.3. The number of carbonyl (C=O) groups excluding carboxylic acids is 2. The molecule has 0 aliphatic carbocycles. The van der Waals surface area contributed by atoms with Gasteiger partial charge in [0.15, 0.2) is 0 Å². The van der Waals surface area contributed by atoms with Gasteiger partial charge in [-0.05, 0) is 42.8 Å². The lowest BCUT2D eigenvalue weighted by Gasteiger charge is -2.41. The Hall–Kier alpha value is -4.38. The Bertz CT molecular complexity index is 1280. The second-order valence-electron chi connectivity index (χ2n) is 9.83. The molecule has 0 spiro atoms. The number of amides is 3. The fourth-order valence-electron chi connectivity index (χ4n) is 5.30. The third-order valence-electron chi connectivity index (χ3n) is 7.54. The molecule has 3 aliphatic heterocycles. The zero-order chi connectivity index (χ0) is 28.2. The van der Waals surface area contributed by atoms with E-state index in [4.69, 9.17) is 15.2 Å². The van der Waals surface area contributed by atoms with Crippen LogP contribution in [0.15, 0.2) is 66.0 Å². The van der Waals surface area contributed by atoms with E-state index in [0.717, 1.165) is 41.4 Å². The van der Waals surface area contributed by atoms with Crippen molar-refractivity contribution in [1.82, 2.24) is 14.8 Å². The standard InChI is InChI=1S/C29H37N7O4/c1-4-35-27-20-34(31-22-5-7-23(8-6-22)32-11-13-33(14-12-32)28(37)18-30)10-9-21(27)19-36(29(35)38)24-15-25(39-2)17-26(16-24)40-3/h5-10,15-17,31H,4,11-14,18-20,30H2,1-3H3. The molecule has 40 heavy (non-hydrogen) atoms. The molecule has 0 atom stereocenters. The van der Waals surface area contributed by atoms with Gasteiger partial charge in [0.1, 0.15) is 11.5 Å². The van der Waals surface area contributed by atoms with Gasteiger partial charge in [-0.25, -0.2) is 4.79 Å². The average molecular weight is 548 g/mol. The Morgan fingerprint density at radius 1 is 0.950 bits per heavy atom. The smallest absolute Gasteiger partial charge is 0.329 e. The third kappa shape index (κ3) is 5.50. The van der Waals surface area contributed by atoms with Gasteiger partial charge in [0.25, 0.3) is 0 Å². The lowest BCUT2D eigenvalue weighted by Crippen LogP contribution is -2.51. The number of ether oxygens (including phenoxy) is 2. The molecule has 3 N–H and O–H groups in total. The molecule has 0 saturated carbocycles. The first-order valence-corrected chi connectivity index (χ1v) is 13.5. The minimum atomic E-state index is -0.0792. The summed E-state index contributed by atoms with van der Waals surface area (Å²) >= 11 is 0. The Kier molecular flexibility index (Phi) is 8.01. The molecule has 0 radical (unpaired) electrons. The topological polar surface area (TPSA) is 107 Å². The van der Waals surface area contributed by atoms with Crippen LogP contribution in [0.2, 0.25) is 0 Å². The molecular weight excluding hydrogens is 510 g/mol. The van der Waals surface area contributed by atoms with E-state index in [1.54, 1.807) is 25.2 Å². The first-order valence-electron chi connectivity index (χ1n) is 13.5. The molecular formula is C29H37N7O4. The van der Waals surface area contributed by atoms with Crippen LogP contribution in [0, 0.1) is 0 Å². The minimum Gasteiger partial charge on any atom is -0.497 e. The second-order valence-corrected chi connectivity index (χ2v) is 9.83. The molecule has 5 rings (SSSR count). The van der Waals surface area contributed by atoms with Gasteiger partial charge in [0.2, 0.25) is 5.91 Å². The molecule has 2 aromatic carbocycles. The highest BCUT2D eigenvalue weighted by molar-refractivity contribution is 5.96. The predicted molar refractivity (Wildman–Crippen MR) is 155 cm³/mol. The van der Waals surface area contributed by atoms with E-state index < -0.39 is 0 Å². The van der Waals surface area contributed by atoms with E-state index in [1.165, 1.54) is 0 Å². The predicted octanol–water partition coefficient (Wildman–Crippen LogP) is 2.68. The maximum Gasteiger partial charge on any atom is 0.329 e. The third-order valence-corrected chi connectivity index (χ3v) is 7.54. The van der Waals surface area contributed by atoms with E-state index in [-0.39, 0.29) is 18.5 Å². The summed E-state index contributed by atoms with van der Waals surface area (Å²) in [7, 11) is 3.20. The van der Waals surface area contributed by atoms with Gasteiger partial charge in [0, 0.05) is 68.5 Å². The van der Waals surface area contributed by atoms with Gasteiger partial charge in [0.05, 0.1) is 45.2 Å². The molecule has 3 aliphatic rings. The molecule has 0 bridgehead atoms. The summed E-state index contributed by atoms with van der Waals surface area (Å²) in [6.45, 7) is 6.54. The molecule has 2 aromatic rings. The number of hydrogen-bond donors (Lipinski definition) is 2. The van der Waals surface area contributed by atoms with Gasteiger partial charge < -0.3 is 25.0 Å². The van der Waals surface area contributed by atoms with Crippen LogP contribution in [0.3, 0.4) is 0 Å². The van der Waals surface area contributed by atoms with Crippen molar-refractivity contribution in [3.8, 4) is 11.5 Å². The number of hydrogen-bond acceptors (Lipinski definition) is 8. The second kappa shape index (κ2) is 11.8. The Morgan fingerprint density at radius 3 is 2.23 bits per heavy atom. The van der Waals surface area contributed by atoms with Gasteiger partial charge in [-0.3, -0.25) is 25.0 Å². The summed E-state index contributed by atoms with van der Waals surface area (Å²) in [4.78, 5) is 33.1. The fourth-order valence-corrected chi connectivity index (χ4v) is 5.30. The molecule has 11 heteroatoms. The van der Waals surface area contributed by atoms with E-state index in [9.17, 15) is 9.59 Å². The molecule has 3 amide bonds. The number of benzene rings is 2. The number of nitrogens with two attached hydrogens (primary N) is 1. The SMILES string of the molecule is CCN1C(=O)N(c2cc(OC)cc(OC)c2)CC2=C1CN(Nc1ccc(N3CCN(C(=O)CN)CC3)cc1)C=C2. The van der Waals surface area contributed by atoms with Crippen molar-refractivity contribution in [3.05, 3.63) is 66.0 Å². The van der Waals surface area contributed by atoms with E-state index in [0.29, 0.717) is 44.2 Å². The highest BCUT2D eigenvalue weighted by atomic mass is 16.5. The fraction of sp³-hybridized carbons (Fsp3) is 0.379. The van der Waals surface area contributed by atoms with Crippen LogP contribution >= 0.6 is 0 Å². The van der Waals surface area contributed by atoms with Crippen molar-refractivity contribution in [2.24, 2.45) is 5.73 Å². The highest BCUT2D eigenvalue weighted by Gasteiger charge is 2.34. The zero-order valence-electron chi connectivity index (χ0n) is 23.3. The molecule has 1 saturated heterocycles. The number of anilines is 3. The number of hydrazine groups is 1. The number of methoxy groups -OCH3 is 2. The molecule has 212 valence electrons. The largest absolute Gasteiger partial charge is 0.497 e. The van der Waals surface area contributed by atoms with E-state index in [2.05, 4.69) is 28.5 Å². The first kappa shape index (κ1) is 27.2. The normalized spacial score (nSPS) is 17.3. The van der Waals surface area contributed by atoms with Crippen LogP contribution < -0.4 is 30.4 Å². The average Bonchev–Trinajstić information content (AvgIpc) is 3.00. The summed E-state index contributed by atoms with van der Waals surface area (Å²) in [6.07, 6.45) is 4.07. The molecule has 1 fully saturated rings. The van der Waals surface area contributed by atoms with Crippen LogP contribution in [0.1, 0.15) is 6.92 Å². The van der Waals surface area contributed by atoms with Crippen molar-refractivity contribution < 1.29 is 19.1 Å². The lowest BCUT2D eigenvalue weighted by molar-refractivity contribution is -0.129. The maximum atomic E-state index is 13.6. The molecule has 0 unspecified atom stereocenters. The van der Waals surface area contributed by atoms with Crippen LogP contribution in [-0.2, 0) is 4.79 Å². The van der Waals surface area contributed by atoms with Crippen LogP contribution in [-0.4, -0.2) is 93.3 Å². The number of likely N-dealkylation sites (N-methyl/N-ethyl adjacent to an activating group) is 1. The number of rotatable bonds is 8. The molecule has 0 aromatic heterocycles. The van der Waals surface area contributed by atoms with Crippen molar-refractivity contribution in [2.75, 3.05) is 81.8 Å². The van der Waals surface area contributed by atoms with Gasteiger partial charge in [-0.15, -0.1) is 0 Å². The number of piperazine rings is 1. The lowest BCUT2D eigenvalue weighted by atomic mass is 10.1. The number of nitrogens with zero attached hydrogens (tertiary/aromatic N) is 5. The Morgan fingerprint density at radius 2 is 1.62 bits per heavy atom. The monoisotopic (exact) mass is 547 g/mol. The minimum absolute atomic E-state index is 0.00148. The Balaban J connectivity index is 1.25. The van der Waals surface area contributed by atoms with Crippen molar-refractivity contribution in [3.63, 3.8) is 0 Å². The number of carbonyl (C=O) groups is 2. The van der Waals surface area contributed by atoms with Crippen LogP contribution in [0.4, 0.5) is 21.9 Å². The summed E-state index contributed by atoms with van der Waals surface area (Å²) in [5.74, 6) is 1.27. The van der Waals surface area contributed by atoms with Gasteiger partial charge in [-0.2, -0.15) is 0 Å². The number of nitrogens with one attached hydrogen (secondary N) is 1. The van der Waals surface area contributed by atoms with E-state index >= 15 is 0 Å². The van der Waals surface area contributed by atoms with Gasteiger partial charge in [-0.1, -0.05) is 0 Å². The van der Waals surface area contributed by atoms with Gasteiger partial charge >= 0.3 is 6.03 Å². The van der Waals surface area contributed by atoms with Crippen molar-refractivity contribution >= 4 is 29.0 Å². The van der Waals surface area contributed by atoms with Crippen LogP contribution in [0.25, 0.3) is 0 Å². The van der Waals surface area contributed by atoms with Crippen molar-refractivity contribution in [2.45, 2.75) is 6.92 Å². The summed E-state index contributed by atoms with van der Waals surface area (Å²) < 4.78 is 10.8. The quantitative estimate of drug-likeness (QED) is 0.520. The van der Waals surface area contributed by atoms with Crippen LogP contribution in [0.5, 0.6) is 11.5 Å². The Labute approximate surface area is 235 Å².